The van der Waals surface area contributed by atoms with E-state index in [4.69, 9.17) is 18.9 Å². The number of likely N-dealkylation sites (N-methyl/N-ethyl adjacent to an activating group) is 1. The molecule has 0 saturated carbocycles. The molecule has 0 radical (unpaired) electrons. The zero-order valence-electron chi connectivity index (χ0n) is 14.8. The van der Waals surface area contributed by atoms with Gasteiger partial charge in [-0.05, 0) is 48.4 Å². The Labute approximate surface area is 155 Å². The van der Waals surface area contributed by atoms with Crippen LogP contribution < -0.4 is 18.9 Å². The summed E-state index contributed by atoms with van der Waals surface area (Å²) < 4.78 is 22.2. The average molecular weight is 369 g/mol. The molecular weight excluding hydrogens is 350 g/mol. The van der Waals surface area contributed by atoms with Gasteiger partial charge in [-0.2, -0.15) is 0 Å². The SMILES string of the molecule is CN1CCc2cc3c(cc2[C@@]12[C@H](O)c1ccc4c(c1[C@@H]2O)OCO4)OCO3. The monoisotopic (exact) mass is 369 g/mol. The van der Waals surface area contributed by atoms with Gasteiger partial charge in [0.25, 0.3) is 0 Å². The summed E-state index contributed by atoms with van der Waals surface area (Å²) in [5.41, 5.74) is 2.18. The minimum atomic E-state index is -1.02. The lowest BCUT2D eigenvalue weighted by Crippen LogP contribution is -2.53. The van der Waals surface area contributed by atoms with E-state index in [1.165, 1.54) is 0 Å². The van der Waals surface area contributed by atoms with Crippen molar-refractivity contribution in [3.05, 3.63) is 46.5 Å². The van der Waals surface area contributed by atoms with Crippen LogP contribution in [0.3, 0.4) is 0 Å². The maximum Gasteiger partial charge on any atom is 0.231 e. The highest BCUT2D eigenvalue weighted by molar-refractivity contribution is 5.62. The molecule has 1 aliphatic carbocycles. The Balaban J connectivity index is 1.61. The van der Waals surface area contributed by atoms with E-state index in [0.717, 1.165) is 17.5 Å². The molecule has 140 valence electrons. The van der Waals surface area contributed by atoms with E-state index in [2.05, 4.69) is 0 Å². The Bertz CT molecular complexity index is 975. The van der Waals surface area contributed by atoms with Gasteiger partial charge in [0.05, 0.1) is 0 Å². The molecule has 7 nitrogen and oxygen atoms in total. The first-order valence-electron chi connectivity index (χ1n) is 9.05. The van der Waals surface area contributed by atoms with Crippen molar-refractivity contribution in [3.63, 3.8) is 0 Å². The summed E-state index contributed by atoms with van der Waals surface area (Å²) in [5.74, 6) is 2.48. The first-order chi connectivity index (χ1) is 13.1. The molecule has 2 N–H and O–H groups in total. The Morgan fingerprint density at radius 1 is 0.963 bits per heavy atom. The van der Waals surface area contributed by atoms with Gasteiger partial charge in [-0.1, -0.05) is 6.07 Å². The van der Waals surface area contributed by atoms with Crippen molar-refractivity contribution in [3.8, 4) is 23.0 Å². The number of ether oxygens (including phenoxy) is 4. The molecule has 0 bridgehead atoms. The van der Waals surface area contributed by atoms with E-state index in [9.17, 15) is 10.2 Å². The first kappa shape index (κ1) is 15.6. The lowest BCUT2D eigenvalue weighted by atomic mass is 9.75. The smallest absolute Gasteiger partial charge is 0.231 e. The van der Waals surface area contributed by atoms with E-state index in [1.54, 1.807) is 6.07 Å². The van der Waals surface area contributed by atoms with Gasteiger partial charge < -0.3 is 29.2 Å². The van der Waals surface area contributed by atoms with Crippen LogP contribution in [0.1, 0.15) is 34.5 Å². The Morgan fingerprint density at radius 3 is 2.56 bits per heavy atom. The van der Waals surface area contributed by atoms with E-state index in [1.807, 2.05) is 30.1 Å². The fourth-order valence-electron chi connectivity index (χ4n) is 5.09. The second-order valence-corrected chi connectivity index (χ2v) is 7.47. The molecule has 0 amide bonds. The Morgan fingerprint density at radius 2 is 1.70 bits per heavy atom. The minimum Gasteiger partial charge on any atom is -0.454 e. The van der Waals surface area contributed by atoms with Gasteiger partial charge >= 0.3 is 0 Å². The number of nitrogens with zero attached hydrogens (tertiary/aromatic N) is 1. The quantitative estimate of drug-likeness (QED) is 0.730. The highest BCUT2D eigenvalue weighted by atomic mass is 16.7. The third-order valence-electron chi connectivity index (χ3n) is 6.39. The summed E-state index contributed by atoms with van der Waals surface area (Å²) in [7, 11) is 1.93. The molecule has 1 spiro atoms. The fourth-order valence-corrected chi connectivity index (χ4v) is 5.09. The van der Waals surface area contributed by atoms with Crippen LogP contribution in [0.4, 0.5) is 0 Å². The van der Waals surface area contributed by atoms with Gasteiger partial charge in [-0.25, -0.2) is 0 Å². The zero-order chi connectivity index (χ0) is 18.3. The standard InChI is InChI=1S/C20H19NO6/c1-21-5-4-10-6-14-15(26-8-25-14)7-12(10)20(21)18(22)11-2-3-13-17(27-9-24-13)16(11)19(20)23/h2-3,6-7,18-19,22-23H,4-5,8-9H2,1H3/t18-,19+,20+/m1/s1. The van der Waals surface area contributed by atoms with Crippen molar-refractivity contribution >= 4 is 0 Å². The lowest BCUT2D eigenvalue weighted by molar-refractivity contribution is -0.0951. The average Bonchev–Trinajstić information content (AvgIpc) is 3.37. The van der Waals surface area contributed by atoms with Crippen molar-refractivity contribution < 1.29 is 29.2 Å². The molecule has 3 heterocycles. The van der Waals surface area contributed by atoms with E-state index < -0.39 is 17.7 Å². The summed E-state index contributed by atoms with van der Waals surface area (Å²) in [6, 6.07) is 7.49. The number of hydrogen-bond acceptors (Lipinski definition) is 7. The number of fused-ring (bicyclic) bond motifs is 6. The minimum absolute atomic E-state index is 0.118. The number of rotatable bonds is 0. The largest absolute Gasteiger partial charge is 0.454 e. The number of hydrogen-bond donors (Lipinski definition) is 2. The molecule has 3 aliphatic heterocycles. The maximum absolute atomic E-state index is 11.5. The number of aliphatic hydroxyl groups excluding tert-OH is 2. The Kier molecular flexibility index (Phi) is 2.92. The van der Waals surface area contributed by atoms with Crippen LogP contribution in [0.25, 0.3) is 0 Å². The fraction of sp³-hybridized carbons (Fsp3) is 0.400. The van der Waals surface area contributed by atoms with Crippen molar-refractivity contribution in [2.24, 2.45) is 0 Å². The van der Waals surface area contributed by atoms with Crippen LogP contribution in [-0.4, -0.2) is 42.3 Å². The van der Waals surface area contributed by atoms with Gasteiger partial charge in [0.15, 0.2) is 23.0 Å². The van der Waals surface area contributed by atoms with Gasteiger partial charge in [0, 0.05) is 12.1 Å². The van der Waals surface area contributed by atoms with Gasteiger partial charge in [0.1, 0.15) is 17.7 Å². The molecule has 0 fully saturated rings. The van der Waals surface area contributed by atoms with E-state index >= 15 is 0 Å². The molecule has 0 saturated heterocycles. The summed E-state index contributed by atoms with van der Waals surface area (Å²) in [5, 5.41) is 23.0. The summed E-state index contributed by atoms with van der Waals surface area (Å²) in [6.07, 6.45) is -1.08. The molecule has 0 unspecified atom stereocenters. The number of benzene rings is 2. The predicted molar refractivity (Wildman–Crippen MR) is 93.1 cm³/mol. The topological polar surface area (TPSA) is 80.6 Å². The van der Waals surface area contributed by atoms with Crippen LogP contribution in [-0.2, 0) is 12.0 Å². The molecule has 4 aliphatic rings. The van der Waals surface area contributed by atoms with Crippen LogP contribution in [0.2, 0.25) is 0 Å². The predicted octanol–water partition coefficient (Wildman–Crippen LogP) is 1.61. The highest BCUT2D eigenvalue weighted by Crippen LogP contribution is 2.62. The normalized spacial score (nSPS) is 29.9. The van der Waals surface area contributed by atoms with E-state index in [0.29, 0.717) is 40.7 Å². The molecule has 2 aromatic carbocycles. The van der Waals surface area contributed by atoms with Crippen LogP contribution in [0, 0.1) is 0 Å². The summed E-state index contributed by atoms with van der Waals surface area (Å²) in [6.45, 7) is 1.01. The van der Waals surface area contributed by atoms with Crippen molar-refractivity contribution in [2.75, 3.05) is 27.2 Å². The highest BCUT2D eigenvalue weighted by Gasteiger charge is 2.60. The molecule has 0 aromatic heterocycles. The molecule has 6 rings (SSSR count). The van der Waals surface area contributed by atoms with Crippen molar-refractivity contribution in [2.45, 2.75) is 24.2 Å². The second-order valence-electron chi connectivity index (χ2n) is 7.47. The number of aliphatic hydroxyl groups is 2. The first-order valence-corrected chi connectivity index (χ1v) is 9.05. The zero-order valence-corrected chi connectivity index (χ0v) is 14.8. The van der Waals surface area contributed by atoms with Gasteiger partial charge in [-0.15, -0.1) is 0 Å². The molecule has 7 heteroatoms. The lowest BCUT2D eigenvalue weighted by Gasteiger charge is -2.48. The molecule has 27 heavy (non-hydrogen) atoms. The molecule has 3 atom stereocenters. The summed E-state index contributed by atoms with van der Waals surface area (Å²) in [4.78, 5) is 2.04. The van der Waals surface area contributed by atoms with Crippen molar-refractivity contribution in [1.29, 1.82) is 0 Å². The third-order valence-corrected chi connectivity index (χ3v) is 6.39. The van der Waals surface area contributed by atoms with Crippen LogP contribution in [0.5, 0.6) is 23.0 Å². The van der Waals surface area contributed by atoms with E-state index in [-0.39, 0.29) is 13.6 Å². The maximum atomic E-state index is 11.5. The van der Waals surface area contributed by atoms with Gasteiger partial charge in [-0.3, -0.25) is 4.90 Å². The van der Waals surface area contributed by atoms with Crippen molar-refractivity contribution in [1.82, 2.24) is 4.90 Å². The second kappa shape index (κ2) is 5.07. The molecule has 2 aromatic rings. The Hall–Kier alpha value is -2.48. The summed E-state index contributed by atoms with van der Waals surface area (Å²) >= 11 is 0. The van der Waals surface area contributed by atoms with Gasteiger partial charge in [0.2, 0.25) is 13.6 Å². The third kappa shape index (κ3) is 1.72. The van der Waals surface area contributed by atoms with Crippen LogP contribution >= 0.6 is 0 Å². The van der Waals surface area contributed by atoms with Crippen LogP contribution in [0.15, 0.2) is 24.3 Å². The molecular formula is C20H19NO6.